The summed E-state index contributed by atoms with van der Waals surface area (Å²) < 4.78 is 27.0. The van der Waals surface area contributed by atoms with Crippen molar-refractivity contribution in [2.45, 2.75) is 58.5 Å². The predicted octanol–water partition coefficient (Wildman–Crippen LogP) is 5.82. The van der Waals surface area contributed by atoms with Crippen LogP contribution in [0.2, 0.25) is 0 Å². The first-order chi connectivity index (χ1) is 19.9. The lowest BCUT2D eigenvalue weighted by Crippen LogP contribution is -2.41. The molecule has 0 bridgehead atoms. The third kappa shape index (κ3) is 6.65. The van der Waals surface area contributed by atoms with Crippen molar-refractivity contribution < 1.29 is 28.2 Å². The molecule has 2 aliphatic rings. The van der Waals surface area contributed by atoms with Crippen LogP contribution in [0, 0.1) is 29.0 Å². The molecule has 1 aromatic carbocycles. The van der Waals surface area contributed by atoms with Gasteiger partial charge >= 0.3 is 6.09 Å². The summed E-state index contributed by atoms with van der Waals surface area (Å²) in [6, 6.07) is 7.62. The van der Waals surface area contributed by atoms with Gasteiger partial charge in [0.1, 0.15) is 16.8 Å². The molecule has 3 amide bonds. The normalized spacial score (nSPS) is 16.3. The maximum absolute atomic E-state index is 14.9. The van der Waals surface area contributed by atoms with Gasteiger partial charge in [-0.15, -0.1) is 11.3 Å². The van der Waals surface area contributed by atoms with Crippen LogP contribution in [0.4, 0.5) is 14.9 Å². The zero-order valence-corrected chi connectivity index (χ0v) is 24.6. The van der Waals surface area contributed by atoms with Gasteiger partial charge in [0, 0.05) is 43.5 Å². The topological polar surface area (TPSA) is 124 Å². The number of primary amides is 1. The lowest BCUT2D eigenvalue weighted by Gasteiger charge is -2.32. The molecule has 5 rings (SSSR count). The molecule has 1 saturated heterocycles. The molecule has 1 aliphatic heterocycles. The smallest absolute Gasteiger partial charge is 0.410 e. The number of nitrogens with zero attached hydrogens (tertiary/aromatic N) is 2. The minimum atomic E-state index is -1.20. The number of likely N-dealkylation sites (tertiary alicyclic amines) is 1. The Morgan fingerprint density at radius 3 is 2.55 bits per heavy atom. The van der Waals surface area contributed by atoms with Crippen LogP contribution in [0.15, 0.2) is 36.5 Å². The first kappa shape index (κ1) is 29.3. The van der Waals surface area contributed by atoms with Gasteiger partial charge in [-0.1, -0.05) is 11.8 Å². The number of rotatable bonds is 6. The molecule has 11 heteroatoms. The van der Waals surface area contributed by atoms with Crippen molar-refractivity contribution >= 4 is 45.1 Å². The molecule has 2 fully saturated rings. The van der Waals surface area contributed by atoms with Crippen LogP contribution >= 0.6 is 11.3 Å². The van der Waals surface area contributed by atoms with E-state index in [0.29, 0.717) is 43.1 Å². The van der Waals surface area contributed by atoms with E-state index in [2.05, 4.69) is 22.1 Å². The average molecular weight is 593 g/mol. The average Bonchev–Trinajstić information content (AvgIpc) is 3.64. The molecule has 3 N–H and O–H groups in total. The van der Waals surface area contributed by atoms with Crippen molar-refractivity contribution in [3.8, 4) is 23.3 Å². The number of carbonyl (C=O) groups is 3. The molecule has 1 saturated carbocycles. The van der Waals surface area contributed by atoms with Crippen LogP contribution in [-0.2, 0) is 14.3 Å². The van der Waals surface area contributed by atoms with Gasteiger partial charge in [0.15, 0.2) is 11.6 Å². The van der Waals surface area contributed by atoms with Crippen LogP contribution in [0.1, 0.15) is 57.8 Å². The van der Waals surface area contributed by atoms with Gasteiger partial charge in [-0.25, -0.2) is 9.18 Å². The van der Waals surface area contributed by atoms with Crippen molar-refractivity contribution in [1.82, 2.24) is 9.88 Å². The third-order valence-electron chi connectivity index (χ3n) is 7.31. The van der Waals surface area contributed by atoms with Crippen molar-refractivity contribution in [3.05, 3.63) is 47.2 Å². The molecule has 3 heterocycles. The van der Waals surface area contributed by atoms with E-state index >= 15 is 0 Å². The van der Waals surface area contributed by atoms with Crippen LogP contribution in [0.3, 0.4) is 0 Å². The number of thiophene rings is 1. The molecular weight excluding hydrogens is 559 g/mol. The van der Waals surface area contributed by atoms with E-state index in [-0.39, 0.29) is 17.5 Å². The number of amides is 3. The van der Waals surface area contributed by atoms with E-state index in [1.54, 1.807) is 17.2 Å². The number of fused-ring (bicyclic) bond motifs is 1. The molecule has 0 radical (unpaired) electrons. The number of carbonyl (C=O) groups excluding carboxylic acids is 3. The number of nitrogens with one attached hydrogen (secondary N) is 1. The minimum absolute atomic E-state index is 0.0182. The summed E-state index contributed by atoms with van der Waals surface area (Å²) >= 11 is 1.42. The number of hydrogen-bond acceptors (Lipinski definition) is 7. The summed E-state index contributed by atoms with van der Waals surface area (Å²) in [5.41, 5.74) is 4.54. The van der Waals surface area contributed by atoms with Gasteiger partial charge in [0.25, 0.3) is 0 Å². The summed E-state index contributed by atoms with van der Waals surface area (Å²) in [7, 11) is 0. The molecular formula is C31H33FN4O5S. The van der Waals surface area contributed by atoms with E-state index in [4.69, 9.17) is 15.2 Å². The van der Waals surface area contributed by atoms with Gasteiger partial charge in [-0.2, -0.15) is 0 Å². The number of nitrogens with two attached hydrogens (primary N) is 1. The van der Waals surface area contributed by atoms with Crippen LogP contribution < -0.4 is 15.8 Å². The second-order valence-corrected chi connectivity index (χ2v) is 12.8. The van der Waals surface area contributed by atoms with Crippen LogP contribution in [-0.4, -0.2) is 46.5 Å². The number of pyridine rings is 1. The molecule has 3 aromatic rings. The third-order valence-corrected chi connectivity index (χ3v) is 8.36. The number of hydrogen-bond donors (Lipinski definition) is 2. The van der Waals surface area contributed by atoms with Gasteiger partial charge in [-0.05, 0) is 70.6 Å². The van der Waals surface area contributed by atoms with Crippen molar-refractivity contribution in [2.24, 2.45) is 17.1 Å². The Bertz CT molecular complexity index is 1590. The number of benzene rings is 1. The first-order valence-electron chi connectivity index (χ1n) is 13.9. The van der Waals surface area contributed by atoms with Crippen molar-refractivity contribution in [2.75, 3.05) is 18.4 Å². The quantitative estimate of drug-likeness (QED) is 0.275. The predicted molar refractivity (Wildman–Crippen MR) is 158 cm³/mol. The molecule has 0 atom stereocenters. The summed E-state index contributed by atoms with van der Waals surface area (Å²) in [6.45, 7) is 6.91. The standard InChI is InChI=1S/C31H33FN4O5S/c1-30(2,3)41-29(39)36-15-10-19(11-16-36)5-4-6-21-18-23-26(42-21)25(9-14-34-23)40-24-8-7-20(17-22(24)32)35-28(38)31(12-13-31)27(33)37/h7-9,14,17-19H,5,10-13,15-16H2,1-3H3,(H2,33,37)(H,35,38). The van der Waals surface area contributed by atoms with Crippen molar-refractivity contribution in [3.63, 3.8) is 0 Å². The SMILES string of the molecule is CC(C)(C)OC(=O)N1CCC(CC#Cc2cc3nccc(Oc4ccc(NC(=O)C5(C(N)=O)CC5)cc4F)c3s2)CC1. The van der Waals surface area contributed by atoms with Crippen molar-refractivity contribution in [1.29, 1.82) is 0 Å². The summed E-state index contributed by atoms with van der Waals surface area (Å²) in [5, 5.41) is 2.57. The van der Waals surface area contributed by atoms with Gasteiger partial charge in [0.2, 0.25) is 11.8 Å². The Labute approximate surface area is 247 Å². The summed E-state index contributed by atoms with van der Waals surface area (Å²) in [5.74, 6) is 5.44. The number of piperidine rings is 1. The Kier molecular flexibility index (Phi) is 8.10. The fourth-order valence-corrected chi connectivity index (χ4v) is 5.67. The van der Waals surface area contributed by atoms with Crippen LogP contribution in [0.25, 0.3) is 10.2 Å². The molecule has 2 aromatic heterocycles. The first-order valence-corrected chi connectivity index (χ1v) is 14.7. The maximum atomic E-state index is 14.9. The number of anilines is 1. The molecule has 1 aliphatic carbocycles. The highest BCUT2D eigenvalue weighted by atomic mass is 32.1. The largest absolute Gasteiger partial charge is 0.453 e. The lowest BCUT2D eigenvalue weighted by molar-refractivity contribution is -0.132. The van der Waals surface area contributed by atoms with Gasteiger partial charge < -0.3 is 25.4 Å². The highest BCUT2D eigenvalue weighted by Gasteiger charge is 2.55. The Morgan fingerprint density at radius 1 is 1.17 bits per heavy atom. The Balaban J connectivity index is 1.20. The fourth-order valence-electron chi connectivity index (χ4n) is 4.73. The molecule has 9 nitrogen and oxygen atoms in total. The highest BCUT2D eigenvalue weighted by Crippen LogP contribution is 2.46. The maximum Gasteiger partial charge on any atom is 0.410 e. The number of aromatic nitrogens is 1. The van der Waals surface area contributed by atoms with E-state index in [1.807, 2.05) is 26.8 Å². The van der Waals surface area contributed by atoms with E-state index in [0.717, 1.165) is 34.9 Å². The molecule has 0 spiro atoms. The van der Waals surface area contributed by atoms with E-state index in [9.17, 15) is 18.8 Å². The highest BCUT2D eigenvalue weighted by molar-refractivity contribution is 7.19. The number of ether oxygens (including phenoxy) is 2. The second kappa shape index (κ2) is 11.6. The summed E-state index contributed by atoms with van der Waals surface area (Å²) in [6.07, 6.45) is 4.57. The van der Waals surface area contributed by atoms with E-state index < -0.39 is 28.6 Å². The second-order valence-electron chi connectivity index (χ2n) is 11.7. The van der Waals surface area contributed by atoms with Gasteiger partial charge in [0.05, 0.1) is 15.1 Å². The Morgan fingerprint density at radius 2 is 1.90 bits per heavy atom. The zero-order chi connectivity index (χ0) is 30.1. The lowest BCUT2D eigenvalue weighted by atomic mass is 9.94. The minimum Gasteiger partial charge on any atom is -0.453 e. The van der Waals surface area contributed by atoms with Gasteiger partial charge in [-0.3, -0.25) is 14.6 Å². The van der Waals surface area contributed by atoms with Crippen LogP contribution in [0.5, 0.6) is 11.5 Å². The Hall–Kier alpha value is -4.17. The molecule has 220 valence electrons. The van der Waals surface area contributed by atoms with E-state index in [1.165, 1.54) is 23.5 Å². The zero-order valence-electron chi connectivity index (χ0n) is 23.8. The molecule has 42 heavy (non-hydrogen) atoms. The monoisotopic (exact) mass is 592 g/mol. The number of halogens is 1. The summed E-state index contributed by atoms with van der Waals surface area (Å²) in [4.78, 5) is 43.3. The molecule has 0 unspecified atom stereocenters. The fraction of sp³-hybridized carbons (Fsp3) is 0.419.